The summed E-state index contributed by atoms with van der Waals surface area (Å²) in [6.45, 7) is 3.56. The number of halogens is 2. The number of carbonyl (C=O) groups excluding carboxylic acids is 1. The second-order valence-electron chi connectivity index (χ2n) is 8.08. The van der Waals surface area contributed by atoms with Gasteiger partial charge in [-0.25, -0.2) is 0 Å². The van der Waals surface area contributed by atoms with Crippen LogP contribution in [0.4, 0.5) is 17.1 Å². The van der Waals surface area contributed by atoms with Gasteiger partial charge in [-0.1, -0.05) is 53.2 Å². The van der Waals surface area contributed by atoms with Crippen molar-refractivity contribution in [1.82, 2.24) is 0 Å². The number of nitrogens with zero attached hydrogens (tertiary/aromatic N) is 2. The Labute approximate surface area is 256 Å². The van der Waals surface area contributed by atoms with Crippen LogP contribution in [-0.2, 0) is 10.1 Å². The number of fused-ring (bicyclic) bond motifs is 1. The first-order chi connectivity index (χ1) is 18.0. The first-order valence-corrected chi connectivity index (χ1v) is 13.3. The largest absolute Gasteiger partial charge is 1.00 e. The van der Waals surface area contributed by atoms with E-state index in [0.29, 0.717) is 28.2 Å². The number of nitrogens with one attached hydrogen (secondary N) is 1. The Morgan fingerprint density at radius 2 is 1.79 bits per heavy atom. The van der Waals surface area contributed by atoms with Gasteiger partial charge in [0, 0.05) is 21.0 Å². The molecule has 196 valence electrons. The Kier molecular flexibility index (Phi) is 10.0. The molecule has 0 bridgehead atoms. The zero-order valence-corrected chi connectivity index (χ0v) is 25.4. The van der Waals surface area contributed by atoms with Crippen molar-refractivity contribution in [1.29, 1.82) is 0 Å². The van der Waals surface area contributed by atoms with Crippen LogP contribution in [0.15, 0.2) is 75.8 Å². The molecule has 0 spiro atoms. The Bertz CT molecular complexity index is 1710. The van der Waals surface area contributed by atoms with E-state index in [1.807, 2.05) is 0 Å². The normalized spacial score (nSPS) is 11.4. The van der Waals surface area contributed by atoms with Gasteiger partial charge < -0.3 is 15.2 Å². The van der Waals surface area contributed by atoms with E-state index >= 15 is 0 Å². The molecule has 0 aliphatic rings. The molecule has 4 aromatic carbocycles. The second kappa shape index (κ2) is 12.6. The van der Waals surface area contributed by atoms with E-state index in [9.17, 15) is 22.9 Å². The van der Waals surface area contributed by atoms with Gasteiger partial charge in [0.1, 0.15) is 10.6 Å². The van der Waals surface area contributed by atoms with Crippen LogP contribution in [0.3, 0.4) is 0 Å². The Morgan fingerprint density at radius 1 is 1.08 bits per heavy atom. The average Bonchev–Trinajstić information content (AvgIpc) is 2.86. The fourth-order valence-electron chi connectivity index (χ4n) is 3.72. The van der Waals surface area contributed by atoms with Gasteiger partial charge >= 0.3 is 29.6 Å². The standard InChI is InChI=1S/C26H21Cl2N3O6S.Na/c1-3-37-22-9-8-16(27)11-21(22)29-26(33)19-10-15-6-4-5-7-18(15)24(25(19)32)31-30-17-12-20(28)14(2)23(13-17)38(34,35)36;/h4-13,32H,3H2,1-2H3,(H,29,33)(H,34,35,36);/q;+1/p-1. The third-order valence-electron chi connectivity index (χ3n) is 5.53. The summed E-state index contributed by atoms with van der Waals surface area (Å²) in [7, 11) is -4.58. The summed E-state index contributed by atoms with van der Waals surface area (Å²) in [4.78, 5) is 12.8. The fourth-order valence-corrected chi connectivity index (χ4v) is 4.93. The van der Waals surface area contributed by atoms with Gasteiger partial charge in [0.2, 0.25) is 0 Å². The summed E-state index contributed by atoms with van der Waals surface area (Å²) < 4.78 is 38.5. The minimum Gasteiger partial charge on any atom is -0.870 e. The Morgan fingerprint density at radius 3 is 2.49 bits per heavy atom. The molecule has 4 rings (SSSR count). The van der Waals surface area contributed by atoms with E-state index in [-0.39, 0.29) is 62.8 Å². The van der Waals surface area contributed by atoms with Crippen LogP contribution in [0.2, 0.25) is 10.0 Å². The number of anilines is 1. The molecule has 13 heteroatoms. The number of rotatable bonds is 7. The molecule has 0 aromatic heterocycles. The van der Waals surface area contributed by atoms with E-state index in [4.69, 9.17) is 27.9 Å². The second-order valence-corrected chi connectivity index (χ2v) is 10.3. The molecule has 4 aromatic rings. The molecule has 1 amide bonds. The summed E-state index contributed by atoms with van der Waals surface area (Å²) in [5.74, 6) is -1.05. The van der Waals surface area contributed by atoms with Crippen LogP contribution < -0.4 is 44.7 Å². The topological polar surface area (TPSA) is 140 Å². The maximum absolute atomic E-state index is 13.4. The summed E-state index contributed by atoms with van der Waals surface area (Å²) in [6, 6.07) is 15.4. The van der Waals surface area contributed by atoms with Crippen LogP contribution in [0.25, 0.3) is 10.8 Å². The predicted molar refractivity (Wildman–Crippen MR) is 144 cm³/mol. The number of amides is 1. The fraction of sp³-hybridized carbons (Fsp3) is 0.115. The van der Waals surface area contributed by atoms with Crippen LogP contribution >= 0.6 is 23.2 Å². The first kappa shape index (κ1) is 30.8. The molecule has 0 radical (unpaired) electrons. The van der Waals surface area contributed by atoms with E-state index in [1.54, 1.807) is 43.3 Å². The molecule has 0 heterocycles. The minimum atomic E-state index is -4.58. The van der Waals surface area contributed by atoms with Crippen molar-refractivity contribution < 1.29 is 57.2 Å². The SMILES string of the molecule is CCOc1ccc(Cl)cc1NC(=O)c1cc2ccccc2c(N=Nc2cc(Cl)c(C)c(S(=O)(=O)O)c2)c1[O-].[Na+]. The van der Waals surface area contributed by atoms with E-state index in [1.165, 1.54) is 25.1 Å². The number of carbonyl (C=O) groups is 1. The van der Waals surface area contributed by atoms with Crippen molar-refractivity contribution in [2.75, 3.05) is 11.9 Å². The van der Waals surface area contributed by atoms with Gasteiger partial charge in [-0.15, -0.1) is 0 Å². The molecule has 0 saturated heterocycles. The van der Waals surface area contributed by atoms with E-state index in [0.717, 1.165) is 6.07 Å². The average molecular weight is 596 g/mol. The van der Waals surface area contributed by atoms with Crippen molar-refractivity contribution in [3.63, 3.8) is 0 Å². The molecular formula is C26H20Cl2N3NaO6S. The summed E-state index contributed by atoms with van der Waals surface area (Å²) >= 11 is 12.2. The van der Waals surface area contributed by atoms with Crippen molar-refractivity contribution in [2.24, 2.45) is 10.2 Å². The molecule has 0 atom stereocenters. The Balaban J connectivity index is 0.00000420. The van der Waals surface area contributed by atoms with Gasteiger partial charge in [-0.05, 0) is 61.2 Å². The van der Waals surface area contributed by atoms with E-state index < -0.39 is 26.7 Å². The third kappa shape index (κ3) is 6.90. The van der Waals surface area contributed by atoms with Crippen LogP contribution in [0.5, 0.6) is 11.5 Å². The summed E-state index contributed by atoms with van der Waals surface area (Å²) in [5, 5.41) is 25.5. The van der Waals surface area contributed by atoms with Gasteiger partial charge in [0.25, 0.3) is 16.0 Å². The number of benzene rings is 4. The summed E-state index contributed by atoms with van der Waals surface area (Å²) in [5.41, 5.74) is 0.0447. The molecule has 39 heavy (non-hydrogen) atoms. The van der Waals surface area contributed by atoms with Crippen LogP contribution in [0.1, 0.15) is 22.8 Å². The molecule has 9 nitrogen and oxygen atoms in total. The monoisotopic (exact) mass is 595 g/mol. The number of hydrogen-bond acceptors (Lipinski definition) is 7. The predicted octanol–water partition coefficient (Wildman–Crippen LogP) is 3.85. The number of azo groups is 1. The Hall–Kier alpha value is -2.70. The smallest absolute Gasteiger partial charge is 0.870 e. The van der Waals surface area contributed by atoms with Gasteiger partial charge in [0.15, 0.2) is 0 Å². The summed E-state index contributed by atoms with van der Waals surface area (Å²) in [6.07, 6.45) is 0. The maximum Gasteiger partial charge on any atom is 1.00 e. The zero-order chi connectivity index (χ0) is 27.6. The van der Waals surface area contributed by atoms with Gasteiger partial charge in [-0.3, -0.25) is 9.35 Å². The molecule has 2 N–H and O–H groups in total. The van der Waals surface area contributed by atoms with Crippen LogP contribution in [0, 0.1) is 6.92 Å². The number of hydrogen-bond donors (Lipinski definition) is 2. The molecule has 0 saturated carbocycles. The molecule has 0 unspecified atom stereocenters. The molecular weight excluding hydrogens is 576 g/mol. The number of ether oxygens (including phenoxy) is 1. The van der Waals surface area contributed by atoms with Crippen LogP contribution in [-0.4, -0.2) is 25.5 Å². The minimum absolute atomic E-state index is 0. The maximum atomic E-state index is 13.4. The van der Waals surface area contributed by atoms with Gasteiger partial charge in [-0.2, -0.15) is 18.6 Å². The van der Waals surface area contributed by atoms with Gasteiger partial charge in [0.05, 0.1) is 23.7 Å². The first-order valence-electron chi connectivity index (χ1n) is 11.2. The zero-order valence-electron chi connectivity index (χ0n) is 21.0. The third-order valence-corrected chi connectivity index (χ3v) is 7.14. The molecule has 0 fully saturated rings. The molecule has 0 aliphatic heterocycles. The van der Waals surface area contributed by atoms with Crippen molar-refractivity contribution in [3.05, 3.63) is 81.8 Å². The van der Waals surface area contributed by atoms with E-state index in [2.05, 4.69) is 15.5 Å². The van der Waals surface area contributed by atoms with Crippen molar-refractivity contribution in [2.45, 2.75) is 18.7 Å². The van der Waals surface area contributed by atoms with Crippen molar-refractivity contribution in [3.8, 4) is 11.5 Å². The molecule has 0 aliphatic carbocycles. The van der Waals surface area contributed by atoms with Crippen molar-refractivity contribution >= 4 is 67.1 Å². The quantitative estimate of drug-likeness (QED) is 0.189.